The van der Waals surface area contributed by atoms with Gasteiger partial charge >= 0.3 is 0 Å². The number of halogens is 4. The highest BCUT2D eigenvalue weighted by Crippen LogP contribution is 2.33. The number of hydrogen-bond acceptors (Lipinski definition) is 0. The van der Waals surface area contributed by atoms with Gasteiger partial charge in [-0.25, -0.2) is 0 Å². The van der Waals surface area contributed by atoms with Gasteiger partial charge in [0.1, 0.15) is 0 Å². The van der Waals surface area contributed by atoms with E-state index in [0.717, 1.165) is 11.1 Å². The zero-order valence-corrected chi connectivity index (χ0v) is 12.2. The molecule has 0 atom stereocenters. The van der Waals surface area contributed by atoms with Gasteiger partial charge in [0, 0.05) is 10.0 Å². The molecule has 4 heteroatoms. The smallest absolute Gasteiger partial charge is 0.0670 e. The van der Waals surface area contributed by atoms with Gasteiger partial charge in [0.2, 0.25) is 0 Å². The van der Waals surface area contributed by atoms with Crippen LogP contribution in [-0.4, -0.2) is 0 Å². The average molecular weight is 318 g/mol. The fraction of sp³-hybridized carbons (Fsp3) is 0. The summed E-state index contributed by atoms with van der Waals surface area (Å²) in [5.74, 6) is 0. The van der Waals surface area contributed by atoms with Crippen LogP contribution in [0.15, 0.2) is 48.5 Å². The van der Waals surface area contributed by atoms with Crippen molar-refractivity contribution in [2.24, 2.45) is 0 Å². The summed E-state index contributed by atoms with van der Waals surface area (Å²) in [5, 5.41) is 2.28. The van der Waals surface area contributed by atoms with Gasteiger partial charge in [0.15, 0.2) is 0 Å². The maximum atomic E-state index is 6.25. The van der Waals surface area contributed by atoms with Crippen molar-refractivity contribution in [3.05, 3.63) is 69.7 Å². The predicted molar refractivity (Wildman–Crippen MR) is 81.4 cm³/mol. The molecule has 0 N–H and O–H groups in total. The molecule has 0 spiro atoms. The first kappa shape index (κ1) is 13.8. The second-order valence-corrected chi connectivity index (χ2v) is 5.27. The van der Waals surface area contributed by atoms with E-state index in [9.17, 15) is 0 Å². The standard InChI is InChI=1S/C14H8Cl4/c15-11-5-1-9(2-6-11)13(17)14(18)10-3-7-12(16)8-4-10/h1-8H/b14-13+. The van der Waals surface area contributed by atoms with Gasteiger partial charge in [-0.3, -0.25) is 0 Å². The van der Waals surface area contributed by atoms with Crippen molar-refractivity contribution in [3.63, 3.8) is 0 Å². The summed E-state index contributed by atoms with van der Waals surface area (Å²) in [7, 11) is 0. The summed E-state index contributed by atoms with van der Waals surface area (Å²) < 4.78 is 0. The lowest BCUT2D eigenvalue weighted by Gasteiger charge is -2.05. The molecule has 0 aliphatic heterocycles. The maximum absolute atomic E-state index is 6.25. The van der Waals surface area contributed by atoms with Crippen LogP contribution in [0.4, 0.5) is 0 Å². The SMILES string of the molecule is Cl/C(=C(/Cl)c1ccc(Cl)cc1)c1ccc(Cl)cc1. The lowest BCUT2D eigenvalue weighted by molar-refractivity contribution is 1.63. The number of benzene rings is 2. The molecule has 0 nitrogen and oxygen atoms in total. The molecule has 2 aromatic carbocycles. The van der Waals surface area contributed by atoms with E-state index in [4.69, 9.17) is 46.4 Å². The van der Waals surface area contributed by atoms with E-state index >= 15 is 0 Å². The summed E-state index contributed by atoms with van der Waals surface area (Å²) in [5.41, 5.74) is 1.64. The molecule has 2 rings (SSSR count). The van der Waals surface area contributed by atoms with Crippen LogP contribution >= 0.6 is 46.4 Å². The molecule has 0 aliphatic rings. The minimum Gasteiger partial charge on any atom is -0.0843 e. The van der Waals surface area contributed by atoms with Crippen molar-refractivity contribution in [2.45, 2.75) is 0 Å². The van der Waals surface area contributed by atoms with Gasteiger partial charge in [-0.05, 0) is 35.4 Å². The Bertz CT molecular complexity index is 514. The lowest BCUT2D eigenvalue weighted by Crippen LogP contribution is -1.82. The van der Waals surface area contributed by atoms with E-state index in [1.165, 1.54) is 0 Å². The molecule has 0 fully saturated rings. The monoisotopic (exact) mass is 316 g/mol. The zero-order valence-electron chi connectivity index (χ0n) is 9.13. The summed E-state index contributed by atoms with van der Waals surface area (Å²) in [4.78, 5) is 0. The molecule has 2 aromatic rings. The van der Waals surface area contributed by atoms with Crippen LogP contribution in [0.3, 0.4) is 0 Å². The second-order valence-electron chi connectivity index (χ2n) is 3.64. The van der Waals surface area contributed by atoms with E-state index < -0.39 is 0 Å². The van der Waals surface area contributed by atoms with Crippen LogP contribution in [-0.2, 0) is 0 Å². The van der Waals surface area contributed by atoms with Crippen LogP contribution in [0.5, 0.6) is 0 Å². The maximum Gasteiger partial charge on any atom is 0.0670 e. The third kappa shape index (κ3) is 3.21. The highest BCUT2D eigenvalue weighted by Gasteiger charge is 2.07. The van der Waals surface area contributed by atoms with E-state index in [-0.39, 0.29) is 0 Å². The van der Waals surface area contributed by atoms with Crippen LogP contribution in [0.25, 0.3) is 10.1 Å². The van der Waals surface area contributed by atoms with Gasteiger partial charge in [-0.2, -0.15) is 0 Å². The predicted octanol–water partition coefficient (Wildman–Crippen LogP) is 6.30. The van der Waals surface area contributed by atoms with Gasteiger partial charge in [0.05, 0.1) is 10.1 Å². The number of hydrogen-bond donors (Lipinski definition) is 0. The van der Waals surface area contributed by atoms with Gasteiger partial charge in [-0.1, -0.05) is 70.7 Å². The van der Waals surface area contributed by atoms with Crippen LogP contribution in [0, 0.1) is 0 Å². The molecule has 0 radical (unpaired) electrons. The molecule has 18 heavy (non-hydrogen) atoms. The van der Waals surface area contributed by atoms with Crippen molar-refractivity contribution in [1.82, 2.24) is 0 Å². The summed E-state index contributed by atoms with van der Waals surface area (Å²) in [6.45, 7) is 0. The molecule has 92 valence electrons. The zero-order chi connectivity index (χ0) is 13.1. The third-order valence-electron chi connectivity index (χ3n) is 2.39. The van der Waals surface area contributed by atoms with Gasteiger partial charge < -0.3 is 0 Å². The van der Waals surface area contributed by atoms with Crippen molar-refractivity contribution in [2.75, 3.05) is 0 Å². The Balaban J connectivity index is 2.40. The van der Waals surface area contributed by atoms with Gasteiger partial charge in [-0.15, -0.1) is 0 Å². The molecule has 0 unspecified atom stereocenters. The van der Waals surface area contributed by atoms with Crippen molar-refractivity contribution < 1.29 is 0 Å². The minimum atomic E-state index is 0.482. The Labute approximate surface area is 126 Å². The molecular formula is C14H8Cl4. The van der Waals surface area contributed by atoms with E-state index in [1.54, 1.807) is 24.3 Å². The van der Waals surface area contributed by atoms with Crippen molar-refractivity contribution in [1.29, 1.82) is 0 Å². The molecule has 0 aromatic heterocycles. The van der Waals surface area contributed by atoms with Crippen molar-refractivity contribution >= 4 is 56.5 Å². The third-order valence-corrected chi connectivity index (χ3v) is 3.80. The molecule has 0 saturated heterocycles. The largest absolute Gasteiger partial charge is 0.0843 e. The Morgan fingerprint density at radius 3 is 1.11 bits per heavy atom. The normalized spacial score (nSPS) is 12.2. The van der Waals surface area contributed by atoms with Crippen molar-refractivity contribution in [3.8, 4) is 0 Å². The van der Waals surface area contributed by atoms with Crippen LogP contribution < -0.4 is 0 Å². The molecule has 0 saturated carbocycles. The summed E-state index contributed by atoms with van der Waals surface area (Å²) >= 11 is 24.2. The van der Waals surface area contributed by atoms with E-state index in [0.29, 0.717) is 20.1 Å². The molecule has 0 bridgehead atoms. The Morgan fingerprint density at radius 2 is 0.833 bits per heavy atom. The van der Waals surface area contributed by atoms with E-state index in [2.05, 4.69) is 0 Å². The average Bonchev–Trinajstić information content (AvgIpc) is 2.39. The number of rotatable bonds is 2. The first-order valence-electron chi connectivity index (χ1n) is 5.15. The Kier molecular flexibility index (Phi) is 4.58. The highest BCUT2D eigenvalue weighted by molar-refractivity contribution is 6.65. The molecule has 0 heterocycles. The first-order valence-corrected chi connectivity index (χ1v) is 6.66. The summed E-state index contributed by atoms with van der Waals surface area (Å²) in [6, 6.07) is 14.4. The fourth-order valence-corrected chi connectivity index (χ4v) is 2.17. The second kappa shape index (κ2) is 5.99. The Hall–Kier alpha value is -0.660. The first-order chi connectivity index (χ1) is 8.58. The quantitative estimate of drug-likeness (QED) is 0.570. The van der Waals surface area contributed by atoms with Crippen LogP contribution in [0.2, 0.25) is 10.0 Å². The van der Waals surface area contributed by atoms with E-state index in [1.807, 2.05) is 24.3 Å². The minimum absolute atomic E-state index is 0.482. The van der Waals surface area contributed by atoms with Crippen LogP contribution in [0.1, 0.15) is 11.1 Å². The molecule has 0 aliphatic carbocycles. The fourth-order valence-electron chi connectivity index (χ4n) is 1.45. The Morgan fingerprint density at radius 1 is 0.556 bits per heavy atom. The highest BCUT2D eigenvalue weighted by atomic mass is 35.5. The molecular weight excluding hydrogens is 310 g/mol. The van der Waals surface area contributed by atoms with Gasteiger partial charge in [0.25, 0.3) is 0 Å². The molecule has 0 amide bonds. The lowest BCUT2D eigenvalue weighted by atomic mass is 10.1. The summed E-state index contributed by atoms with van der Waals surface area (Å²) in [6.07, 6.45) is 0. The topological polar surface area (TPSA) is 0 Å².